The van der Waals surface area contributed by atoms with Gasteiger partial charge in [0, 0.05) is 26.6 Å². The molecule has 0 unspecified atom stereocenters. The van der Waals surface area contributed by atoms with Gasteiger partial charge >= 0.3 is 0 Å². The summed E-state index contributed by atoms with van der Waals surface area (Å²) >= 11 is 0. The minimum Gasteiger partial charge on any atom is -0.486 e. The fourth-order valence-electron chi connectivity index (χ4n) is 3.57. The van der Waals surface area contributed by atoms with Gasteiger partial charge in [-0.3, -0.25) is 19.3 Å². The number of imide groups is 1. The molecular formula is C22H22N2O5. The van der Waals surface area contributed by atoms with Crippen LogP contribution in [0.5, 0.6) is 11.5 Å². The van der Waals surface area contributed by atoms with Gasteiger partial charge < -0.3 is 14.4 Å². The lowest BCUT2D eigenvalue weighted by Crippen LogP contribution is -2.32. The maximum atomic E-state index is 12.5. The van der Waals surface area contributed by atoms with E-state index >= 15 is 0 Å². The van der Waals surface area contributed by atoms with Gasteiger partial charge in [0.25, 0.3) is 11.8 Å². The van der Waals surface area contributed by atoms with Gasteiger partial charge in [0.15, 0.2) is 11.5 Å². The molecule has 0 radical (unpaired) electrons. The van der Waals surface area contributed by atoms with Gasteiger partial charge in [0.2, 0.25) is 5.91 Å². The second-order valence-corrected chi connectivity index (χ2v) is 7.14. The second kappa shape index (κ2) is 7.95. The number of benzene rings is 2. The monoisotopic (exact) mass is 394 g/mol. The van der Waals surface area contributed by atoms with Crippen molar-refractivity contribution in [3.63, 3.8) is 0 Å². The van der Waals surface area contributed by atoms with Crippen molar-refractivity contribution in [2.24, 2.45) is 0 Å². The van der Waals surface area contributed by atoms with E-state index in [1.54, 1.807) is 36.2 Å². The highest BCUT2D eigenvalue weighted by molar-refractivity contribution is 6.21. The molecular weight excluding hydrogens is 372 g/mol. The molecule has 0 fully saturated rings. The smallest absolute Gasteiger partial charge is 0.261 e. The number of fused-ring (bicyclic) bond motifs is 2. The Labute approximate surface area is 168 Å². The third-order valence-electron chi connectivity index (χ3n) is 5.10. The highest BCUT2D eigenvalue weighted by Crippen LogP contribution is 2.31. The third-order valence-corrected chi connectivity index (χ3v) is 5.10. The standard InChI is InChI=1S/C22H22N2O5/c1-23(14-15-8-9-18-19(13-15)29-12-11-28-18)20(25)7-4-10-24-21(26)16-5-2-3-6-17(16)22(24)27/h2-3,5-6,8-9,13H,4,7,10-12,14H2,1H3. The zero-order valence-corrected chi connectivity index (χ0v) is 16.2. The van der Waals surface area contributed by atoms with Crippen LogP contribution in [-0.2, 0) is 11.3 Å². The first-order chi connectivity index (χ1) is 14.0. The molecule has 7 nitrogen and oxygen atoms in total. The minimum atomic E-state index is -0.289. The predicted molar refractivity (Wildman–Crippen MR) is 105 cm³/mol. The molecule has 2 aliphatic heterocycles. The van der Waals surface area contributed by atoms with E-state index in [2.05, 4.69) is 0 Å². The van der Waals surface area contributed by atoms with Gasteiger partial charge in [-0.25, -0.2) is 0 Å². The van der Waals surface area contributed by atoms with Crippen molar-refractivity contribution in [2.75, 3.05) is 26.8 Å². The molecule has 29 heavy (non-hydrogen) atoms. The van der Waals surface area contributed by atoms with Crippen LogP contribution in [0.25, 0.3) is 0 Å². The van der Waals surface area contributed by atoms with Crippen LogP contribution in [-0.4, -0.2) is 54.3 Å². The number of amides is 3. The molecule has 0 aromatic heterocycles. The summed E-state index contributed by atoms with van der Waals surface area (Å²) < 4.78 is 11.1. The number of hydrogen-bond donors (Lipinski definition) is 0. The molecule has 0 N–H and O–H groups in total. The highest BCUT2D eigenvalue weighted by atomic mass is 16.6. The Morgan fingerprint density at radius 2 is 1.66 bits per heavy atom. The summed E-state index contributed by atoms with van der Waals surface area (Å²) in [7, 11) is 1.74. The van der Waals surface area contributed by atoms with Gasteiger partial charge in [-0.15, -0.1) is 0 Å². The third kappa shape index (κ3) is 3.81. The Bertz CT molecular complexity index is 936. The molecule has 0 saturated carbocycles. The Morgan fingerprint density at radius 1 is 1.00 bits per heavy atom. The Hall–Kier alpha value is -3.35. The number of carbonyl (C=O) groups is 3. The molecule has 2 aromatic rings. The van der Waals surface area contributed by atoms with Crippen LogP contribution in [0.3, 0.4) is 0 Å². The normalized spacial score (nSPS) is 14.7. The lowest BCUT2D eigenvalue weighted by molar-refractivity contribution is -0.130. The predicted octanol–water partition coefficient (Wildman–Crippen LogP) is 2.49. The van der Waals surface area contributed by atoms with Crippen molar-refractivity contribution in [1.29, 1.82) is 0 Å². The van der Waals surface area contributed by atoms with E-state index < -0.39 is 0 Å². The fraction of sp³-hybridized carbons (Fsp3) is 0.318. The molecule has 3 amide bonds. The van der Waals surface area contributed by atoms with Gasteiger partial charge in [-0.05, 0) is 36.2 Å². The zero-order chi connectivity index (χ0) is 20.4. The van der Waals surface area contributed by atoms with Crippen molar-refractivity contribution in [3.8, 4) is 11.5 Å². The van der Waals surface area contributed by atoms with E-state index in [4.69, 9.17) is 9.47 Å². The first-order valence-corrected chi connectivity index (χ1v) is 9.62. The maximum absolute atomic E-state index is 12.5. The first-order valence-electron chi connectivity index (χ1n) is 9.62. The molecule has 2 aromatic carbocycles. The molecule has 0 atom stereocenters. The van der Waals surface area contributed by atoms with Crippen molar-refractivity contribution in [2.45, 2.75) is 19.4 Å². The molecule has 2 heterocycles. The summed E-state index contributed by atoms with van der Waals surface area (Å²) in [6.07, 6.45) is 0.685. The highest BCUT2D eigenvalue weighted by Gasteiger charge is 2.34. The van der Waals surface area contributed by atoms with Crippen molar-refractivity contribution in [3.05, 3.63) is 59.2 Å². The number of carbonyl (C=O) groups excluding carboxylic acids is 3. The van der Waals surface area contributed by atoms with E-state index in [1.807, 2.05) is 18.2 Å². The van der Waals surface area contributed by atoms with E-state index in [0.717, 1.165) is 11.3 Å². The molecule has 0 saturated heterocycles. The quantitative estimate of drug-likeness (QED) is 0.704. The summed E-state index contributed by atoms with van der Waals surface area (Å²) in [5, 5.41) is 0. The number of ether oxygens (including phenoxy) is 2. The van der Waals surface area contributed by atoms with Gasteiger partial charge in [0.05, 0.1) is 11.1 Å². The van der Waals surface area contributed by atoms with Crippen LogP contribution < -0.4 is 9.47 Å². The van der Waals surface area contributed by atoms with Crippen molar-refractivity contribution < 1.29 is 23.9 Å². The van der Waals surface area contributed by atoms with Crippen LogP contribution in [0.1, 0.15) is 39.1 Å². The summed E-state index contributed by atoms with van der Waals surface area (Å²) in [5.41, 5.74) is 1.81. The van der Waals surface area contributed by atoms with Gasteiger partial charge in [-0.1, -0.05) is 18.2 Å². The largest absolute Gasteiger partial charge is 0.486 e. The summed E-state index contributed by atoms with van der Waals surface area (Å²) in [6.45, 7) is 1.74. The molecule has 0 spiro atoms. The van der Waals surface area contributed by atoms with E-state index in [-0.39, 0.29) is 30.7 Å². The van der Waals surface area contributed by atoms with Crippen LogP contribution in [0.15, 0.2) is 42.5 Å². The lowest BCUT2D eigenvalue weighted by Gasteiger charge is -2.21. The molecule has 4 rings (SSSR count). The summed E-state index contributed by atoms with van der Waals surface area (Å²) in [5.74, 6) is 0.789. The van der Waals surface area contributed by atoms with Gasteiger partial charge in [0.1, 0.15) is 13.2 Å². The molecule has 7 heteroatoms. The summed E-state index contributed by atoms with van der Waals surface area (Å²) in [6, 6.07) is 12.4. The summed E-state index contributed by atoms with van der Waals surface area (Å²) in [4.78, 5) is 40.1. The number of hydrogen-bond acceptors (Lipinski definition) is 5. The average Bonchev–Trinajstić information content (AvgIpc) is 2.98. The van der Waals surface area contributed by atoms with Crippen LogP contribution in [0.2, 0.25) is 0 Å². The molecule has 150 valence electrons. The number of rotatable bonds is 6. The van der Waals surface area contributed by atoms with Crippen LogP contribution in [0, 0.1) is 0 Å². The maximum Gasteiger partial charge on any atom is 0.261 e. The van der Waals surface area contributed by atoms with E-state index in [9.17, 15) is 14.4 Å². The van der Waals surface area contributed by atoms with Crippen molar-refractivity contribution >= 4 is 17.7 Å². The average molecular weight is 394 g/mol. The first kappa shape index (κ1) is 19.0. The number of nitrogens with zero attached hydrogens (tertiary/aromatic N) is 2. The zero-order valence-electron chi connectivity index (χ0n) is 16.2. The molecule has 0 bridgehead atoms. The van der Waals surface area contributed by atoms with Crippen LogP contribution in [0.4, 0.5) is 0 Å². The lowest BCUT2D eigenvalue weighted by atomic mass is 10.1. The molecule has 0 aliphatic carbocycles. The Morgan fingerprint density at radius 3 is 2.34 bits per heavy atom. The van der Waals surface area contributed by atoms with E-state index in [1.165, 1.54) is 4.90 Å². The molecule has 2 aliphatic rings. The van der Waals surface area contributed by atoms with Crippen LogP contribution >= 0.6 is 0 Å². The topological polar surface area (TPSA) is 76.2 Å². The van der Waals surface area contributed by atoms with E-state index in [0.29, 0.717) is 43.1 Å². The Kier molecular flexibility index (Phi) is 5.20. The fourth-order valence-corrected chi connectivity index (χ4v) is 3.57. The minimum absolute atomic E-state index is 0.0449. The second-order valence-electron chi connectivity index (χ2n) is 7.14. The van der Waals surface area contributed by atoms with Gasteiger partial charge in [-0.2, -0.15) is 0 Å². The Balaban J connectivity index is 1.29. The van der Waals surface area contributed by atoms with Crippen molar-refractivity contribution in [1.82, 2.24) is 9.80 Å². The SMILES string of the molecule is CN(Cc1ccc2c(c1)OCCO2)C(=O)CCCN1C(=O)c2ccccc2C1=O.